The predicted octanol–water partition coefficient (Wildman–Crippen LogP) is 2.49. The fourth-order valence-corrected chi connectivity index (χ4v) is 3.14. The van der Waals surface area contributed by atoms with Gasteiger partial charge in [0.25, 0.3) is 5.91 Å². The van der Waals surface area contributed by atoms with E-state index in [0.29, 0.717) is 30.6 Å². The number of benzene rings is 1. The van der Waals surface area contributed by atoms with Gasteiger partial charge in [0.15, 0.2) is 18.1 Å². The van der Waals surface area contributed by atoms with Gasteiger partial charge in [-0.2, -0.15) is 0 Å². The summed E-state index contributed by atoms with van der Waals surface area (Å²) in [5, 5.41) is 3.03. The van der Waals surface area contributed by atoms with Crippen LogP contribution < -0.4 is 20.5 Å². The summed E-state index contributed by atoms with van der Waals surface area (Å²) < 4.78 is 11.1. The largest absolute Gasteiger partial charge is 0.490 e. The van der Waals surface area contributed by atoms with E-state index in [2.05, 4.69) is 5.32 Å². The van der Waals surface area contributed by atoms with Crippen LogP contribution >= 0.6 is 0 Å². The Morgan fingerprint density at radius 3 is 2.48 bits per heavy atom. The van der Waals surface area contributed by atoms with Gasteiger partial charge in [0.2, 0.25) is 0 Å². The van der Waals surface area contributed by atoms with Gasteiger partial charge >= 0.3 is 0 Å². The lowest BCUT2D eigenvalue weighted by Gasteiger charge is -2.30. The lowest BCUT2D eigenvalue weighted by Crippen LogP contribution is -2.47. The number of ether oxygens (including phenoxy) is 2. The van der Waals surface area contributed by atoms with Crippen LogP contribution in [0.4, 0.5) is 0 Å². The quantitative estimate of drug-likeness (QED) is 0.772. The number of amides is 1. The third kappa shape index (κ3) is 5.43. The molecule has 0 heterocycles. The molecule has 1 unspecified atom stereocenters. The van der Waals surface area contributed by atoms with Gasteiger partial charge in [0, 0.05) is 12.6 Å². The van der Waals surface area contributed by atoms with E-state index in [1.54, 1.807) is 6.07 Å². The van der Waals surface area contributed by atoms with Gasteiger partial charge in [0.1, 0.15) is 0 Å². The zero-order chi connectivity index (χ0) is 16.5. The Balaban J connectivity index is 1.84. The third-order valence-corrected chi connectivity index (χ3v) is 4.33. The first kappa shape index (κ1) is 17.6. The molecule has 1 aromatic carbocycles. The summed E-state index contributed by atoms with van der Waals surface area (Å²) in [7, 11) is 0. The first-order valence-electron chi connectivity index (χ1n) is 8.58. The SMILES string of the molecule is CCOc1ccccc1OCC(=O)NC(CN)C1CCCCC1. The van der Waals surface area contributed by atoms with Gasteiger partial charge in [0.05, 0.1) is 6.61 Å². The topological polar surface area (TPSA) is 73.6 Å². The predicted molar refractivity (Wildman–Crippen MR) is 90.7 cm³/mol. The van der Waals surface area contributed by atoms with Gasteiger partial charge in [-0.15, -0.1) is 0 Å². The second kappa shape index (κ2) is 9.40. The van der Waals surface area contributed by atoms with Crippen LogP contribution in [0.25, 0.3) is 0 Å². The molecule has 1 amide bonds. The maximum atomic E-state index is 12.2. The fourth-order valence-electron chi connectivity index (χ4n) is 3.14. The van der Waals surface area contributed by atoms with E-state index >= 15 is 0 Å². The fraction of sp³-hybridized carbons (Fsp3) is 0.611. The van der Waals surface area contributed by atoms with Crippen LogP contribution in [0.3, 0.4) is 0 Å². The van der Waals surface area contributed by atoms with E-state index < -0.39 is 0 Å². The zero-order valence-electron chi connectivity index (χ0n) is 13.9. The number of para-hydroxylation sites is 2. The molecule has 0 saturated heterocycles. The summed E-state index contributed by atoms with van der Waals surface area (Å²) in [4.78, 5) is 12.2. The summed E-state index contributed by atoms with van der Waals surface area (Å²) in [5.74, 6) is 1.61. The van der Waals surface area contributed by atoms with Gasteiger partial charge in [-0.25, -0.2) is 0 Å². The molecule has 0 spiro atoms. The molecular formula is C18H28N2O3. The molecule has 1 atom stereocenters. The van der Waals surface area contributed by atoms with E-state index in [9.17, 15) is 4.79 Å². The Kier molecular flexibility index (Phi) is 7.20. The Bertz CT molecular complexity index is 487. The maximum Gasteiger partial charge on any atom is 0.258 e. The summed E-state index contributed by atoms with van der Waals surface area (Å²) in [6.07, 6.45) is 6.05. The van der Waals surface area contributed by atoms with Crippen molar-refractivity contribution >= 4 is 5.91 Å². The molecule has 0 radical (unpaired) electrons. The lowest BCUT2D eigenvalue weighted by atomic mass is 9.84. The molecule has 0 bridgehead atoms. The van der Waals surface area contributed by atoms with Crippen molar-refractivity contribution in [3.8, 4) is 11.5 Å². The summed E-state index contributed by atoms with van der Waals surface area (Å²) >= 11 is 0. The van der Waals surface area contributed by atoms with Crippen LogP contribution in [0.2, 0.25) is 0 Å². The minimum atomic E-state index is -0.127. The number of nitrogens with one attached hydrogen (secondary N) is 1. The molecule has 5 heteroatoms. The molecule has 0 aromatic heterocycles. The monoisotopic (exact) mass is 320 g/mol. The van der Waals surface area contributed by atoms with E-state index in [0.717, 1.165) is 12.8 Å². The van der Waals surface area contributed by atoms with Crippen LogP contribution in [0.5, 0.6) is 11.5 Å². The summed E-state index contributed by atoms with van der Waals surface area (Å²) in [5.41, 5.74) is 5.85. The molecule has 1 aromatic rings. The van der Waals surface area contributed by atoms with Crippen molar-refractivity contribution in [2.75, 3.05) is 19.8 Å². The smallest absolute Gasteiger partial charge is 0.258 e. The van der Waals surface area contributed by atoms with Gasteiger partial charge in [-0.05, 0) is 37.8 Å². The molecule has 1 aliphatic rings. The first-order chi connectivity index (χ1) is 11.2. The zero-order valence-corrected chi connectivity index (χ0v) is 13.9. The number of rotatable bonds is 8. The highest BCUT2D eigenvalue weighted by Crippen LogP contribution is 2.27. The molecule has 3 N–H and O–H groups in total. The Morgan fingerprint density at radius 1 is 1.22 bits per heavy atom. The molecule has 128 valence electrons. The van der Waals surface area contributed by atoms with Crippen molar-refractivity contribution < 1.29 is 14.3 Å². The van der Waals surface area contributed by atoms with Crippen molar-refractivity contribution in [2.45, 2.75) is 45.1 Å². The first-order valence-corrected chi connectivity index (χ1v) is 8.58. The highest BCUT2D eigenvalue weighted by Gasteiger charge is 2.24. The molecular weight excluding hydrogens is 292 g/mol. The Hall–Kier alpha value is -1.75. The van der Waals surface area contributed by atoms with Crippen LogP contribution in [0.1, 0.15) is 39.0 Å². The third-order valence-electron chi connectivity index (χ3n) is 4.33. The molecule has 1 fully saturated rings. The number of nitrogens with two attached hydrogens (primary N) is 1. The van der Waals surface area contributed by atoms with E-state index in [-0.39, 0.29) is 18.6 Å². The van der Waals surface area contributed by atoms with Gasteiger partial charge in [-0.1, -0.05) is 31.4 Å². The molecule has 2 rings (SSSR count). The highest BCUT2D eigenvalue weighted by molar-refractivity contribution is 5.78. The number of hydrogen-bond acceptors (Lipinski definition) is 4. The van der Waals surface area contributed by atoms with Crippen molar-refractivity contribution in [1.29, 1.82) is 0 Å². The average Bonchev–Trinajstić information content (AvgIpc) is 2.60. The molecule has 23 heavy (non-hydrogen) atoms. The minimum absolute atomic E-state index is 0.0205. The van der Waals surface area contributed by atoms with E-state index in [1.165, 1.54) is 19.3 Å². The van der Waals surface area contributed by atoms with Gasteiger partial charge in [-0.3, -0.25) is 4.79 Å². The summed E-state index contributed by atoms with van der Waals surface area (Å²) in [6, 6.07) is 7.43. The Morgan fingerprint density at radius 2 is 1.87 bits per heavy atom. The standard InChI is InChI=1S/C18H28N2O3/c1-2-22-16-10-6-7-11-17(16)23-13-18(21)20-15(12-19)14-8-4-3-5-9-14/h6-7,10-11,14-15H,2-5,8-9,12-13,19H2,1H3,(H,20,21). The van der Waals surface area contributed by atoms with Gasteiger partial charge < -0.3 is 20.5 Å². The number of hydrogen-bond donors (Lipinski definition) is 2. The van der Waals surface area contributed by atoms with Crippen molar-refractivity contribution in [3.05, 3.63) is 24.3 Å². The second-order valence-electron chi connectivity index (χ2n) is 5.98. The van der Waals surface area contributed by atoms with Crippen molar-refractivity contribution in [3.63, 3.8) is 0 Å². The van der Waals surface area contributed by atoms with Crippen LogP contribution in [-0.4, -0.2) is 31.7 Å². The lowest BCUT2D eigenvalue weighted by molar-refractivity contribution is -0.124. The Labute approximate surface area is 138 Å². The number of carbonyl (C=O) groups is 1. The van der Waals surface area contributed by atoms with Crippen LogP contribution in [-0.2, 0) is 4.79 Å². The molecule has 1 aliphatic carbocycles. The second-order valence-corrected chi connectivity index (χ2v) is 5.98. The average molecular weight is 320 g/mol. The highest BCUT2D eigenvalue weighted by atomic mass is 16.5. The molecule has 5 nitrogen and oxygen atoms in total. The van der Waals surface area contributed by atoms with Crippen LogP contribution in [0.15, 0.2) is 24.3 Å². The number of carbonyl (C=O) groups excluding carboxylic acids is 1. The van der Waals surface area contributed by atoms with E-state index in [1.807, 2.05) is 25.1 Å². The van der Waals surface area contributed by atoms with Crippen LogP contribution in [0, 0.1) is 5.92 Å². The normalized spacial score (nSPS) is 16.6. The maximum absolute atomic E-state index is 12.2. The molecule has 1 saturated carbocycles. The van der Waals surface area contributed by atoms with E-state index in [4.69, 9.17) is 15.2 Å². The summed E-state index contributed by atoms with van der Waals surface area (Å²) in [6.45, 7) is 2.93. The molecule has 0 aliphatic heterocycles. The van der Waals surface area contributed by atoms with Crippen molar-refractivity contribution in [2.24, 2.45) is 11.7 Å². The minimum Gasteiger partial charge on any atom is -0.490 e. The van der Waals surface area contributed by atoms with Crippen molar-refractivity contribution in [1.82, 2.24) is 5.32 Å².